The van der Waals surface area contributed by atoms with Crippen LogP contribution in [0.3, 0.4) is 0 Å². The summed E-state index contributed by atoms with van der Waals surface area (Å²) in [6.07, 6.45) is 23.2. The van der Waals surface area contributed by atoms with Gasteiger partial charge in [0.05, 0.1) is 29.9 Å². The number of rotatable bonds is 33. The highest BCUT2D eigenvalue weighted by atomic mass is 35.5. The molecule has 0 spiro atoms. The Balaban J connectivity index is 0.000000151. The SMILES string of the molecule is CCC(=O)N(c1ccc(-c2ccc(C(=O)CCc3ccc(C)nc3)cc2)cc1F)C1CCC1.CCC(=O)N(c1ccc(-c2ccc(C(=O)CCc3ccc(Cl)nc3)cc2)cc1F)C1CCC1.CCC(=O)N(c1ccc(-c2ccc(C(=O)CCc3ccc(F)nc3)cc2)cc1F)C1CCC1.CCC(=O)N(c1ccc(-c2ccc(C(=O)CCc3cccnc3OC)cc2)cc1F)C1CCC1. The molecule has 17 nitrogen and oxygen atoms in total. The van der Waals surface area contributed by atoms with E-state index in [1.54, 1.807) is 164 Å². The van der Waals surface area contributed by atoms with Gasteiger partial charge in [0.25, 0.3) is 0 Å². The van der Waals surface area contributed by atoms with Gasteiger partial charge in [-0.1, -0.05) is 185 Å². The van der Waals surface area contributed by atoms with Crippen molar-refractivity contribution in [2.45, 2.75) is 213 Å². The zero-order valence-electron chi connectivity index (χ0n) is 75.9. The number of benzene rings is 8. The zero-order valence-corrected chi connectivity index (χ0v) is 76.6. The summed E-state index contributed by atoms with van der Waals surface area (Å²) in [7, 11) is 1.56. The first kappa shape index (κ1) is 97.2. The Hall–Kier alpha value is -13.3. The van der Waals surface area contributed by atoms with Crippen molar-refractivity contribution in [3.8, 4) is 50.4 Å². The molecule has 4 aliphatic carbocycles. The summed E-state index contributed by atoms with van der Waals surface area (Å²) in [6.45, 7) is 9.14. The summed E-state index contributed by atoms with van der Waals surface area (Å²) < 4.78 is 78.3. The van der Waals surface area contributed by atoms with Crippen molar-refractivity contribution in [1.29, 1.82) is 0 Å². The van der Waals surface area contributed by atoms with E-state index in [2.05, 4.69) is 19.9 Å². The van der Waals surface area contributed by atoms with Crippen LogP contribution >= 0.6 is 11.6 Å². The first-order valence-electron chi connectivity index (χ1n) is 46.0. The first-order valence-corrected chi connectivity index (χ1v) is 46.4. The van der Waals surface area contributed by atoms with E-state index in [0.29, 0.717) is 150 Å². The molecule has 4 aromatic heterocycles. The number of amides is 4. The highest BCUT2D eigenvalue weighted by Crippen LogP contribution is 2.40. The fourth-order valence-electron chi connectivity index (χ4n) is 16.5. The quantitative estimate of drug-likeness (QED) is 0.0213. The third-order valence-corrected chi connectivity index (χ3v) is 25.4. The molecule has 4 aliphatic rings. The lowest BCUT2D eigenvalue weighted by molar-refractivity contribution is -0.120. The second-order valence-electron chi connectivity index (χ2n) is 33.9. The lowest BCUT2D eigenvalue weighted by atomic mass is 9.90. The number of hydrogen-bond donors (Lipinski definition) is 0. The van der Waals surface area contributed by atoms with Crippen LogP contribution in [0.15, 0.2) is 243 Å². The number of anilines is 4. The minimum Gasteiger partial charge on any atom is -0.481 e. The van der Waals surface area contributed by atoms with Gasteiger partial charge >= 0.3 is 0 Å². The predicted molar refractivity (Wildman–Crippen MR) is 513 cm³/mol. The number of methoxy groups -OCH3 is 1. The highest BCUT2D eigenvalue weighted by molar-refractivity contribution is 6.29. The standard InChI is InChI=1S/C28H29FN2O3.C28H29FN2O2.C27H26ClFN2O2.C27H26F2N2O2/c1-3-27(33)31(23-7-4-8-23)25-15-13-22(18-24(25)29)19-9-11-20(12-10-19)26(32)16-14-21-6-5-17-30-28(21)34-2;1-3-28(33)31(24-5-4-6-24)26-15-14-23(17-25(26)29)21-10-12-22(13-11-21)27(32)16-9-20-8-7-19(2)30-18-20;1-2-27(33)31(22-4-3-5-22)24-13-12-21(16-23(24)29)19-8-10-20(11-9-19)25(32)14-6-18-7-15-26(28)30-17-18;1-2-27(33)31(22-4-3-5-22)24-13-12-21(16-23(24)28)19-8-10-20(11-9-19)25(32)14-6-18-7-15-26(29)30-17-18/h5-6,9-13,15,17-18,23H,3-4,7-8,14,16H2,1-2H3;7-8,10-15,17-18,24H,3-6,9,16H2,1-2H3;2*7-13,15-17,22H,2-6,14H2,1H3. The molecule has 0 unspecified atom stereocenters. The minimum absolute atomic E-state index is 0.0215. The summed E-state index contributed by atoms with van der Waals surface area (Å²) in [5.74, 6) is -1.75. The maximum atomic E-state index is 15.1. The van der Waals surface area contributed by atoms with Crippen molar-refractivity contribution in [3.63, 3.8) is 0 Å². The number of pyridine rings is 4. The van der Waals surface area contributed by atoms with E-state index in [9.17, 15) is 42.7 Å². The fourth-order valence-corrected chi connectivity index (χ4v) is 16.6. The number of aromatic nitrogens is 4. The molecule has 133 heavy (non-hydrogen) atoms. The molecule has 0 radical (unpaired) electrons. The number of ketones is 4. The number of ether oxygens (including phenoxy) is 1. The van der Waals surface area contributed by atoms with Gasteiger partial charge in [0, 0.05) is 134 Å². The smallest absolute Gasteiger partial charge is 0.227 e. The number of halogens is 6. The molecule has 0 aliphatic heterocycles. The molecule has 0 saturated heterocycles. The molecule has 686 valence electrons. The van der Waals surface area contributed by atoms with Crippen LogP contribution in [0.5, 0.6) is 5.88 Å². The Morgan fingerprint density at radius 1 is 0.338 bits per heavy atom. The molecule has 4 fully saturated rings. The maximum absolute atomic E-state index is 15.1. The third-order valence-electron chi connectivity index (χ3n) is 25.2. The van der Waals surface area contributed by atoms with E-state index in [4.69, 9.17) is 16.3 Å². The van der Waals surface area contributed by atoms with Gasteiger partial charge in [-0.3, -0.25) is 43.3 Å². The van der Waals surface area contributed by atoms with E-state index in [-0.39, 0.29) is 70.9 Å². The molecule has 16 rings (SSSR count). The molecule has 0 N–H and O–H groups in total. The van der Waals surface area contributed by atoms with Gasteiger partial charge in [-0.25, -0.2) is 32.5 Å². The maximum Gasteiger partial charge on any atom is 0.227 e. The normalized spacial score (nSPS) is 13.4. The van der Waals surface area contributed by atoms with Crippen LogP contribution < -0.4 is 24.3 Å². The van der Waals surface area contributed by atoms with Gasteiger partial charge in [0.15, 0.2) is 23.1 Å². The van der Waals surface area contributed by atoms with Crippen molar-refractivity contribution in [2.75, 3.05) is 26.7 Å². The molecule has 8 aromatic carbocycles. The van der Waals surface area contributed by atoms with Gasteiger partial charge in [0.1, 0.15) is 28.4 Å². The Bertz CT molecular complexity index is 5630. The number of aryl methyl sites for hydroxylation is 5. The predicted octanol–water partition coefficient (Wildman–Crippen LogP) is 25.1. The van der Waals surface area contributed by atoms with E-state index >= 15 is 17.6 Å². The van der Waals surface area contributed by atoms with Gasteiger partial charge < -0.3 is 24.3 Å². The van der Waals surface area contributed by atoms with E-state index < -0.39 is 29.2 Å². The summed E-state index contributed by atoms with van der Waals surface area (Å²) >= 11 is 5.79. The molecule has 0 atom stereocenters. The summed E-state index contributed by atoms with van der Waals surface area (Å²) in [5.41, 5.74) is 14.5. The van der Waals surface area contributed by atoms with Crippen LogP contribution in [0.2, 0.25) is 5.15 Å². The highest BCUT2D eigenvalue weighted by Gasteiger charge is 2.36. The molecule has 12 aromatic rings. The molecule has 23 heteroatoms. The van der Waals surface area contributed by atoms with Gasteiger partial charge in [-0.15, -0.1) is 0 Å². The van der Waals surface area contributed by atoms with Crippen LogP contribution in [0.1, 0.15) is 225 Å². The molecule has 4 amide bonds. The van der Waals surface area contributed by atoms with Crippen LogP contribution in [0.4, 0.5) is 44.7 Å². The monoisotopic (exact) mass is 1820 g/mol. The van der Waals surface area contributed by atoms with Crippen LogP contribution in [-0.4, -0.2) is 98.0 Å². The van der Waals surface area contributed by atoms with Gasteiger partial charge in [-0.2, -0.15) is 4.39 Å². The first-order chi connectivity index (χ1) is 64.4. The summed E-state index contributed by atoms with van der Waals surface area (Å²) in [6, 6.07) is 63.1. The Morgan fingerprint density at radius 3 is 0.872 bits per heavy atom. The number of Topliss-reactive ketones (excluding diaryl/α,β-unsaturated/α-hetero) is 4. The average Bonchev–Trinajstić information content (AvgIpc) is 0.801. The van der Waals surface area contributed by atoms with Crippen LogP contribution in [0.25, 0.3) is 44.5 Å². The van der Waals surface area contributed by atoms with Gasteiger partial charge in [-0.05, 0) is 244 Å². The number of nitrogens with zero attached hydrogens (tertiary/aromatic N) is 8. The molecule has 4 saturated carbocycles. The number of carbonyl (C=O) groups is 8. The van der Waals surface area contributed by atoms with E-state index in [1.165, 1.54) is 36.5 Å². The van der Waals surface area contributed by atoms with Crippen LogP contribution in [-0.2, 0) is 44.9 Å². The van der Waals surface area contributed by atoms with Crippen molar-refractivity contribution in [2.24, 2.45) is 0 Å². The Kier molecular flexibility index (Phi) is 34.1. The van der Waals surface area contributed by atoms with Crippen molar-refractivity contribution >= 4 is 81.1 Å². The average molecular weight is 1820 g/mol. The van der Waals surface area contributed by atoms with Crippen molar-refractivity contribution in [3.05, 3.63) is 328 Å². The third kappa shape index (κ3) is 25.1. The lowest BCUT2D eigenvalue weighted by Gasteiger charge is -2.37. The second kappa shape index (κ2) is 46.6. The number of hydrogen-bond acceptors (Lipinski definition) is 13. The molecular weight excluding hydrogens is 1710 g/mol. The Labute approximate surface area is 779 Å². The van der Waals surface area contributed by atoms with E-state index in [0.717, 1.165) is 133 Å². The summed E-state index contributed by atoms with van der Waals surface area (Å²) in [5, 5.41) is 0.429. The molecule has 0 bridgehead atoms. The lowest BCUT2D eigenvalue weighted by Crippen LogP contribution is -2.44. The fraction of sp³-hybridized carbons (Fsp3) is 0.309. The number of carbonyl (C=O) groups excluding carboxylic acids is 8. The Morgan fingerprint density at radius 2 is 0.624 bits per heavy atom. The summed E-state index contributed by atoms with van der Waals surface area (Å²) in [4.78, 5) is 123. The topological polar surface area (TPSA) is 210 Å². The van der Waals surface area contributed by atoms with Gasteiger partial charge in [0.2, 0.25) is 35.5 Å². The van der Waals surface area contributed by atoms with Crippen LogP contribution in [0, 0.1) is 36.1 Å². The van der Waals surface area contributed by atoms with Crippen molar-refractivity contribution in [1.82, 2.24) is 19.9 Å². The van der Waals surface area contributed by atoms with Crippen molar-refractivity contribution < 1.29 is 65.0 Å². The minimum atomic E-state index is -0.544. The second-order valence-corrected chi connectivity index (χ2v) is 34.3. The zero-order chi connectivity index (χ0) is 94.2. The molecular formula is C110H110ClF5N8O9. The van der Waals surface area contributed by atoms with E-state index in [1.807, 2.05) is 104 Å². The largest absolute Gasteiger partial charge is 0.481 e. The molecule has 4 heterocycles.